The summed E-state index contributed by atoms with van der Waals surface area (Å²) in [6, 6.07) is 1.11. The van der Waals surface area contributed by atoms with Gasteiger partial charge in [0.15, 0.2) is 23.7 Å². The first kappa shape index (κ1) is 25.5. The Morgan fingerprint density at radius 1 is 0.971 bits per heavy atom. The molecular formula is C23H38N8O4. The Labute approximate surface area is 204 Å². The molecule has 2 aromatic heterocycles. The van der Waals surface area contributed by atoms with Gasteiger partial charge < -0.3 is 36.4 Å². The second-order valence-corrected chi connectivity index (χ2v) is 9.65. The minimum Gasteiger partial charge on any atom is -0.394 e. The second-order valence-electron chi connectivity index (χ2n) is 9.65. The van der Waals surface area contributed by atoms with E-state index in [1.54, 1.807) is 0 Å². The number of rotatable bonds is 4. The third kappa shape index (κ3) is 6.18. The van der Waals surface area contributed by atoms with Gasteiger partial charge >= 0.3 is 0 Å². The van der Waals surface area contributed by atoms with E-state index in [2.05, 4.69) is 25.6 Å². The van der Waals surface area contributed by atoms with E-state index in [0.29, 0.717) is 29.2 Å². The molecule has 2 saturated carbocycles. The summed E-state index contributed by atoms with van der Waals surface area (Å²) in [5, 5.41) is 43.4. The molecule has 1 aliphatic heterocycles. The van der Waals surface area contributed by atoms with Crippen molar-refractivity contribution >= 4 is 22.9 Å². The molecule has 2 aromatic rings. The van der Waals surface area contributed by atoms with E-state index in [1.807, 2.05) is 0 Å². The Morgan fingerprint density at radius 2 is 1.57 bits per heavy atom. The largest absolute Gasteiger partial charge is 0.394 e. The van der Waals surface area contributed by atoms with E-state index in [9.17, 15) is 10.2 Å². The smallest absolute Gasteiger partial charge is 0.188 e. The Morgan fingerprint density at radius 3 is 2.11 bits per heavy atom. The van der Waals surface area contributed by atoms with Gasteiger partial charge in [0.05, 0.1) is 12.9 Å². The van der Waals surface area contributed by atoms with Crippen molar-refractivity contribution in [2.24, 2.45) is 0 Å². The number of ether oxygens (including phenoxy) is 1. The molecule has 4 atom stereocenters. The third-order valence-electron chi connectivity index (χ3n) is 7.09. The number of hydrogen-bond acceptors (Lipinski definition) is 9. The zero-order valence-electron chi connectivity index (χ0n) is 20.0. The van der Waals surface area contributed by atoms with Crippen molar-refractivity contribution in [3.63, 3.8) is 0 Å². The van der Waals surface area contributed by atoms with Crippen molar-refractivity contribution in [2.75, 3.05) is 12.3 Å². The molecule has 5 rings (SSSR count). The first-order valence-corrected chi connectivity index (χ1v) is 12.6. The van der Waals surface area contributed by atoms with Gasteiger partial charge in [-0.15, -0.1) is 0 Å². The van der Waals surface area contributed by atoms with Crippen molar-refractivity contribution in [3.8, 4) is 0 Å². The van der Waals surface area contributed by atoms with Gasteiger partial charge in [0.2, 0.25) is 0 Å². The zero-order valence-corrected chi connectivity index (χ0v) is 20.0. The van der Waals surface area contributed by atoms with Gasteiger partial charge in [-0.05, 0) is 25.7 Å². The number of nitrogens with one attached hydrogen (secondary N) is 3. The maximum atomic E-state index is 9.95. The number of aromatic nitrogens is 4. The summed E-state index contributed by atoms with van der Waals surface area (Å²) >= 11 is 0. The first-order chi connectivity index (χ1) is 17.0. The number of nitrogen functional groups attached to an aromatic ring is 1. The van der Waals surface area contributed by atoms with Gasteiger partial charge in [0, 0.05) is 12.1 Å². The molecule has 1 saturated heterocycles. The molecule has 3 aliphatic rings. The Hall–Kier alpha value is -2.54. The molecule has 3 fully saturated rings. The number of aliphatic hydroxyl groups excluding tert-OH is 3. The van der Waals surface area contributed by atoms with Crippen LogP contribution in [-0.2, 0) is 4.74 Å². The first-order valence-electron chi connectivity index (χ1n) is 12.6. The summed E-state index contributed by atoms with van der Waals surface area (Å²) in [6.45, 7) is -0.390. The summed E-state index contributed by atoms with van der Waals surface area (Å²) in [5.41, 5.74) is 6.44. The molecule has 12 nitrogen and oxygen atoms in total. The molecule has 0 spiro atoms. The summed E-state index contributed by atoms with van der Waals surface area (Å²) < 4.78 is 6.85. The fourth-order valence-electron chi connectivity index (χ4n) is 5.11. The average Bonchev–Trinajstić information content (AvgIpc) is 3.42. The quantitative estimate of drug-likeness (QED) is 0.238. The predicted molar refractivity (Wildman–Crippen MR) is 130 cm³/mol. The van der Waals surface area contributed by atoms with Crippen LogP contribution >= 0.6 is 0 Å². The Kier molecular flexibility index (Phi) is 8.71. The van der Waals surface area contributed by atoms with Crippen LogP contribution in [0.4, 0.5) is 5.82 Å². The molecular weight excluding hydrogens is 452 g/mol. The lowest BCUT2D eigenvalue weighted by Gasteiger charge is -2.28. The molecule has 12 heteroatoms. The van der Waals surface area contributed by atoms with Crippen LogP contribution in [0.25, 0.3) is 11.2 Å². The number of fused-ring (bicyclic) bond motifs is 1. The number of imidazole rings is 1. The third-order valence-corrected chi connectivity index (χ3v) is 7.09. The highest BCUT2D eigenvalue weighted by Crippen LogP contribution is 2.31. The lowest BCUT2D eigenvalue weighted by atomic mass is 9.95. The normalized spacial score (nSPS) is 27.9. The fourth-order valence-corrected chi connectivity index (χ4v) is 5.11. The maximum absolute atomic E-state index is 9.95. The van der Waals surface area contributed by atoms with E-state index < -0.39 is 31.1 Å². The van der Waals surface area contributed by atoms with Crippen molar-refractivity contribution < 1.29 is 20.1 Å². The van der Waals surface area contributed by atoms with Gasteiger partial charge in [0.25, 0.3) is 0 Å². The number of nitrogens with zero attached hydrogens (tertiary/aromatic N) is 4. The summed E-state index contributed by atoms with van der Waals surface area (Å²) in [5.74, 6) is 0.786. The molecule has 0 radical (unpaired) electrons. The van der Waals surface area contributed by atoms with Crippen molar-refractivity contribution in [2.45, 2.75) is 101 Å². The van der Waals surface area contributed by atoms with Crippen LogP contribution in [0.3, 0.4) is 0 Å². The van der Waals surface area contributed by atoms with Crippen LogP contribution in [0.15, 0.2) is 12.7 Å². The number of nitrogens with two attached hydrogens (primary N) is 1. The van der Waals surface area contributed by atoms with E-state index in [-0.39, 0.29) is 5.82 Å². The van der Waals surface area contributed by atoms with Gasteiger partial charge in [-0.2, -0.15) is 0 Å². The van der Waals surface area contributed by atoms with Crippen LogP contribution in [0, 0.1) is 5.41 Å². The number of hydrogen-bond donors (Lipinski definition) is 7. The molecule has 0 bridgehead atoms. The fraction of sp³-hybridized carbons (Fsp3) is 0.739. The average molecular weight is 491 g/mol. The monoisotopic (exact) mass is 490 g/mol. The molecule has 3 heterocycles. The minimum absolute atomic E-state index is 0.218. The summed E-state index contributed by atoms with van der Waals surface area (Å²) in [4.78, 5) is 11.9. The van der Waals surface area contributed by atoms with Crippen molar-refractivity contribution in [3.05, 3.63) is 12.7 Å². The van der Waals surface area contributed by atoms with Gasteiger partial charge in [0.1, 0.15) is 30.2 Å². The van der Waals surface area contributed by atoms with Crippen LogP contribution < -0.4 is 16.4 Å². The SMILES string of the molecule is N=C(NC1CCCCC1)NC1CCCCC1.Nc1ncnc2c1ncn2[C@@H]1O[C@H](CO)[C@@H](O)[C@H]1O. The lowest BCUT2D eigenvalue weighted by Crippen LogP contribution is -2.47. The van der Waals surface area contributed by atoms with Gasteiger partial charge in [-0.1, -0.05) is 38.5 Å². The molecule has 0 aromatic carbocycles. The van der Waals surface area contributed by atoms with E-state index >= 15 is 0 Å². The highest BCUT2D eigenvalue weighted by atomic mass is 16.6. The van der Waals surface area contributed by atoms with Crippen LogP contribution in [0.2, 0.25) is 0 Å². The highest BCUT2D eigenvalue weighted by molar-refractivity contribution is 5.81. The Balaban J connectivity index is 0.000000168. The van der Waals surface area contributed by atoms with Crippen molar-refractivity contribution in [1.29, 1.82) is 5.41 Å². The molecule has 194 valence electrons. The predicted octanol–water partition coefficient (Wildman–Crippen LogP) is 0.786. The molecule has 8 N–H and O–H groups in total. The van der Waals surface area contributed by atoms with E-state index in [0.717, 1.165) is 0 Å². The zero-order chi connectivity index (χ0) is 24.8. The van der Waals surface area contributed by atoms with E-state index in [4.69, 9.17) is 21.0 Å². The second kappa shape index (κ2) is 11.9. The Bertz CT molecular complexity index is 938. The van der Waals surface area contributed by atoms with Crippen LogP contribution in [-0.4, -0.2) is 77.8 Å². The standard InChI is InChI=1S/C13H25N3.C10H13N5O4/c14-13(15-11-7-3-1-4-8-11)16-12-9-5-2-6-10-12;11-8-5-9(13-2-12-8)15(3-14-5)10-7(18)6(17)4(1-16)19-10/h11-12H,1-10H2,(H3,14,15,16);2-4,6-7,10,16-18H,1H2,(H2,11,12,13)/t;4-,6-,7-,10-/m.1/s1. The molecule has 2 aliphatic carbocycles. The maximum Gasteiger partial charge on any atom is 0.188 e. The number of anilines is 1. The minimum atomic E-state index is -1.19. The molecule has 35 heavy (non-hydrogen) atoms. The summed E-state index contributed by atoms with van der Waals surface area (Å²) in [7, 11) is 0. The number of aliphatic hydroxyl groups is 3. The number of guanidine groups is 1. The molecule has 0 amide bonds. The van der Waals surface area contributed by atoms with Crippen molar-refractivity contribution in [1.82, 2.24) is 30.2 Å². The highest BCUT2D eigenvalue weighted by Gasteiger charge is 2.44. The molecule has 0 unspecified atom stereocenters. The van der Waals surface area contributed by atoms with Crippen LogP contribution in [0.5, 0.6) is 0 Å². The van der Waals surface area contributed by atoms with Gasteiger partial charge in [-0.25, -0.2) is 15.0 Å². The lowest BCUT2D eigenvalue weighted by molar-refractivity contribution is -0.0511. The van der Waals surface area contributed by atoms with E-state index in [1.165, 1.54) is 81.4 Å². The van der Waals surface area contributed by atoms with Crippen LogP contribution in [0.1, 0.15) is 70.4 Å². The van der Waals surface area contributed by atoms with Gasteiger partial charge in [-0.3, -0.25) is 9.98 Å². The topological polar surface area (TPSA) is 187 Å². The summed E-state index contributed by atoms with van der Waals surface area (Å²) in [6.07, 6.45) is 11.6.